The summed E-state index contributed by atoms with van der Waals surface area (Å²) in [6, 6.07) is 5.61. The summed E-state index contributed by atoms with van der Waals surface area (Å²) >= 11 is 4.09. The van der Waals surface area contributed by atoms with Crippen LogP contribution in [0.1, 0.15) is 43.6 Å². The average molecular weight is 477 g/mol. The van der Waals surface area contributed by atoms with Gasteiger partial charge < -0.3 is 30.8 Å². The van der Waals surface area contributed by atoms with Crippen molar-refractivity contribution in [2.75, 3.05) is 13.7 Å². The number of thiol groups is 1. The number of benzene rings is 1. The number of hydrogen-bond acceptors (Lipinski definition) is 6. The highest BCUT2D eigenvalue weighted by atomic mass is 32.1. The second-order valence-electron chi connectivity index (χ2n) is 8.80. The molecule has 0 aliphatic carbocycles. The molecule has 2 aromatic rings. The fourth-order valence-electron chi connectivity index (χ4n) is 4.08. The van der Waals surface area contributed by atoms with Crippen LogP contribution in [0.4, 0.5) is 0 Å². The SMILES string of the molecule is COc1cccc2[nH]c(C(=O)N[C@@H](CC(C)C)C(=O)N[C@@H](C[C@@H]3CCNC3=O)[C@@H](O)S)cc12. The molecule has 1 aliphatic heterocycles. The molecule has 0 unspecified atom stereocenters. The number of aliphatic hydroxyl groups is 1. The third-order valence-corrected chi connectivity index (χ3v) is 6.17. The van der Waals surface area contributed by atoms with Gasteiger partial charge in [-0.1, -0.05) is 19.9 Å². The summed E-state index contributed by atoms with van der Waals surface area (Å²) in [4.78, 5) is 41.0. The molecule has 1 aromatic heterocycles. The van der Waals surface area contributed by atoms with E-state index in [0.29, 0.717) is 30.8 Å². The maximum Gasteiger partial charge on any atom is 0.268 e. The lowest BCUT2D eigenvalue weighted by atomic mass is 9.97. The first kappa shape index (κ1) is 24.9. The average Bonchev–Trinajstić information content (AvgIpc) is 3.38. The lowest BCUT2D eigenvalue weighted by molar-refractivity contribution is -0.126. The number of fused-ring (bicyclic) bond motifs is 1. The number of hydrogen-bond donors (Lipinski definition) is 6. The van der Waals surface area contributed by atoms with Crippen molar-refractivity contribution in [1.29, 1.82) is 0 Å². The molecule has 0 bridgehead atoms. The first-order valence-electron chi connectivity index (χ1n) is 11.1. The van der Waals surface area contributed by atoms with Gasteiger partial charge in [0, 0.05) is 23.4 Å². The van der Waals surface area contributed by atoms with Crippen LogP contribution < -0.4 is 20.7 Å². The van der Waals surface area contributed by atoms with Crippen LogP contribution in [-0.2, 0) is 9.59 Å². The van der Waals surface area contributed by atoms with Gasteiger partial charge in [-0.3, -0.25) is 14.4 Å². The number of carbonyl (C=O) groups excluding carboxylic acids is 3. The first-order chi connectivity index (χ1) is 15.7. The summed E-state index contributed by atoms with van der Waals surface area (Å²) < 4.78 is 5.35. The van der Waals surface area contributed by atoms with E-state index in [1.54, 1.807) is 19.2 Å². The molecule has 1 fully saturated rings. The van der Waals surface area contributed by atoms with Crippen LogP contribution in [0.25, 0.3) is 10.9 Å². The van der Waals surface area contributed by atoms with Crippen molar-refractivity contribution in [3.63, 3.8) is 0 Å². The summed E-state index contributed by atoms with van der Waals surface area (Å²) in [6.45, 7) is 4.48. The molecule has 10 heteroatoms. The number of aromatic nitrogens is 1. The lowest BCUT2D eigenvalue weighted by Crippen LogP contribution is -2.52. The molecule has 2 heterocycles. The van der Waals surface area contributed by atoms with Crippen LogP contribution in [0.15, 0.2) is 24.3 Å². The number of ether oxygens (including phenoxy) is 1. The Morgan fingerprint density at radius 2 is 2.06 bits per heavy atom. The highest BCUT2D eigenvalue weighted by Crippen LogP contribution is 2.26. The number of H-pyrrole nitrogens is 1. The summed E-state index contributed by atoms with van der Waals surface area (Å²) in [6.07, 6.45) is 1.31. The minimum atomic E-state index is -1.14. The summed E-state index contributed by atoms with van der Waals surface area (Å²) in [5.41, 5.74) is -0.0825. The van der Waals surface area contributed by atoms with Crippen molar-refractivity contribution in [2.45, 2.75) is 50.6 Å². The van der Waals surface area contributed by atoms with Crippen LogP contribution in [-0.4, -0.2) is 59.0 Å². The standard InChI is InChI=1S/C23H32N4O5S/c1-12(2)9-16(21(29)27-18(23(31)33)10-13-7-8-24-20(13)28)26-22(30)17-11-14-15(25-17)5-4-6-19(14)32-3/h4-6,11-13,16,18,23,25,31,33H,7-10H2,1-3H3,(H,24,28)(H,26,30)(H,27,29)/t13-,16-,18-,23-/m0/s1. The third kappa shape index (κ3) is 6.20. The number of carbonyl (C=O) groups is 3. The van der Waals surface area contributed by atoms with Gasteiger partial charge in [0.15, 0.2) is 0 Å². The number of amides is 3. The number of aromatic amines is 1. The number of nitrogens with one attached hydrogen (secondary N) is 4. The molecular formula is C23H32N4O5S. The van der Waals surface area contributed by atoms with E-state index in [2.05, 4.69) is 33.6 Å². The third-order valence-electron chi connectivity index (χ3n) is 5.81. The molecule has 9 nitrogen and oxygen atoms in total. The molecule has 0 saturated carbocycles. The van der Waals surface area contributed by atoms with Crippen LogP contribution in [0, 0.1) is 11.8 Å². The maximum absolute atomic E-state index is 13.1. The molecule has 1 aromatic carbocycles. The van der Waals surface area contributed by atoms with Crippen LogP contribution in [0.5, 0.6) is 5.75 Å². The Morgan fingerprint density at radius 3 is 2.67 bits per heavy atom. The van der Waals surface area contributed by atoms with Crippen molar-refractivity contribution in [1.82, 2.24) is 20.9 Å². The lowest BCUT2D eigenvalue weighted by Gasteiger charge is -2.26. The minimum Gasteiger partial charge on any atom is -0.496 e. The van der Waals surface area contributed by atoms with E-state index < -0.39 is 29.3 Å². The number of aliphatic hydroxyl groups excluding tert-OH is 1. The zero-order chi connectivity index (χ0) is 24.1. The Labute approximate surface area is 198 Å². The monoisotopic (exact) mass is 476 g/mol. The molecular weight excluding hydrogens is 444 g/mol. The van der Waals surface area contributed by atoms with Gasteiger partial charge in [-0.2, -0.15) is 0 Å². The zero-order valence-corrected chi connectivity index (χ0v) is 19.9. The Kier molecular flexibility index (Phi) is 8.25. The molecule has 1 saturated heterocycles. The Bertz CT molecular complexity index is 1010. The van der Waals surface area contributed by atoms with Crippen LogP contribution in [0.3, 0.4) is 0 Å². The topological polar surface area (TPSA) is 133 Å². The predicted molar refractivity (Wildman–Crippen MR) is 128 cm³/mol. The normalized spacial score (nSPS) is 18.6. The second kappa shape index (κ2) is 10.9. The molecule has 4 atom stereocenters. The van der Waals surface area contributed by atoms with E-state index in [-0.39, 0.29) is 24.2 Å². The van der Waals surface area contributed by atoms with Gasteiger partial charge in [0.25, 0.3) is 5.91 Å². The second-order valence-corrected chi connectivity index (χ2v) is 9.33. The van der Waals surface area contributed by atoms with E-state index >= 15 is 0 Å². The molecule has 3 rings (SSSR count). The number of methoxy groups -OCH3 is 1. The van der Waals surface area contributed by atoms with Gasteiger partial charge in [-0.05, 0) is 43.4 Å². The van der Waals surface area contributed by atoms with E-state index in [0.717, 1.165) is 10.9 Å². The predicted octanol–water partition coefficient (Wildman–Crippen LogP) is 1.58. The Morgan fingerprint density at radius 1 is 1.30 bits per heavy atom. The van der Waals surface area contributed by atoms with Gasteiger partial charge >= 0.3 is 0 Å². The minimum absolute atomic E-state index is 0.0931. The molecule has 1 aliphatic rings. The smallest absolute Gasteiger partial charge is 0.268 e. The number of rotatable bonds is 10. The van der Waals surface area contributed by atoms with Crippen molar-refractivity contribution in [3.05, 3.63) is 30.0 Å². The Hall–Kier alpha value is -2.72. The van der Waals surface area contributed by atoms with Crippen molar-refractivity contribution >= 4 is 41.3 Å². The van der Waals surface area contributed by atoms with Gasteiger partial charge in [-0.25, -0.2) is 0 Å². The molecule has 3 amide bonds. The highest BCUT2D eigenvalue weighted by Gasteiger charge is 2.32. The largest absolute Gasteiger partial charge is 0.496 e. The quantitative estimate of drug-likeness (QED) is 0.229. The molecule has 33 heavy (non-hydrogen) atoms. The maximum atomic E-state index is 13.1. The van der Waals surface area contributed by atoms with Gasteiger partial charge in [0.05, 0.1) is 13.2 Å². The molecule has 180 valence electrons. The molecule has 5 N–H and O–H groups in total. The van der Waals surface area contributed by atoms with Crippen molar-refractivity contribution < 1.29 is 24.2 Å². The fourth-order valence-corrected chi connectivity index (χ4v) is 4.28. The van der Waals surface area contributed by atoms with Crippen LogP contribution >= 0.6 is 12.6 Å². The first-order valence-corrected chi connectivity index (χ1v) is 11.6. The molecule has 0 spiro atoms. The Balaban J connectivity index is 1.73. The highest BCUT2D eigenvalue weighted by molar-refractivity contribution is 7.80. The van der Waals surface area contributed by atoms with Gasteiger partial charge in [0.1, 0.15) is 22.9 Å². The van der Waals surface area contributed by atoms with Crippen molar-refractivity contribution in [2.24, 2.45) is 11.8 Å². The van der Waals surface area contributed by atoms with E-state index in [4.69, 9.17) is 4.74 Å². The summed E-state index contributed by atoms with van der Waals surface area (Å²) in [5.74, 6) is -0.472. The van der Waals surface area contributed by atoms with E-state index in [9.17, 15) is 19.5 Å². The van der Waals surface area contributed by atoms with Gasteiger partial charge in [-0.15, -0.1) is 12.6 Å². The van der Waals surface area contributed by atoms with E-state index in [1.807, 2.05) is 26.0 Å². The fraction of sp³-hybridized carbons (Fsp3) is 0.522. The van der Waals surface area contributed by atoms with Gasteiger partial charge in [0.2, 0.25) is 11.8 Å². The van der Waals surface area contributed by atoms with E-state index in [1.165, 1.54) is 0 Å². The van der Waals surface area contributed by atoms with Crippen molar-refractivity contribution in [3.8, 4) is 5.75 Å². The summed E-state index contributed by atoms with van der Waals surface area (Å²) in [7, 11) is 1.56. The summed E-state index contributed by atoms with van der Waals surface area (Å²) in [5, 5.41) is 19.2. The zero-order valence-electron chi connectivity index (χ0n) is 19.1. The van der Waals surface area contributed by atoms with Crippen LogP contribution in [0.2, 0.25) is 0 Å². The molecule has 0 radical (unpaired) electrons.